The molecular weight excluding hydrogens is 323 g/mol. The molecule has 0 aromatic heterocycles. The van der Waals surface area contributed by atoms with Crippen LogP contribution in [-0.2, 0) is 20.9 Å². The van der Waals surface area contributed by atoms with Crippen molar-refractivity contribution in [2.45, 2.75) is 18.7 Å². The lowest BCUT2D eigenvalue weighted by Crippen LogP contribution is -2.52. The van der Waals surface area contributed by atoms with Crippen molar-refractivity contribution in [3.63, 3.8) is 0 Å². The Balaban J connectivity index is 1.77. The molecule has 1 aliphatic heterocycles. The number of ether oxygens (including phenoxy) is 1. The molecule has 0 unspecified atom stereocenters. The van der Waals surface area contributed by atoms with Crippen LogP contribution in [0.4, 0.5) is 4.39 Å². The van der Waals surface area contributed by atoms with Gasteiger partial charge in [0.1, 0.15) is 12.4 Å². The number of morpholine rings is 1. The number of carbonyl (C=O) groups is 2. The number of nitrogens with zero attached hydrogens (tertiary/aromatic N) is 1. The second-order valence-electron chi connectivity index (χ2n) is 5.90. The first-order chi connectivity index (χ1) is 12.1. The summed E-state index contributed by atoms with van der Waals surface area (Å²) >= 11 is 0. The molecule has 1 aliphatic rings. The maximum Gasteiger partial charge on any atom is 0.251 e. The molecule has 0 saturated carbocycles. The van der Waals surface area contributed by atoms with E-state index in [0.29, 0.717) is 5.56 Å². The maximum atomic E-state index is 13.7. The van der Waals surface area contributed by atoms with E-state index in [9.17, 15) is 14.0 Å². The SMILES string of the molecule is CN1C(=O)CO[C@H](C(=O)NCc2ccccc2F)[C@H]1c1ccccc1. The van der Waals surface area contributed by atoms with E-state index in [4.69, 9.17) is 4.74 Å². The van der Waals surface area contributed by atoms with Gasteiger partial charge in [-0.25, -0.2) is 4.39 Å². The zero-order chi connectivity index (χ0) is 17.8. The van der Waals surface area contributed by atoms with E-state index in [-0.39, 0.29) is 30.8 Å². The van der Waals surface area contributed by atoms with Gasteiger partial charge in [0.05, 0.1) is 6.04 Å². The third kappa shape index (κ3) is 3.69. The van der Waals surface area contributed by atoms with Crippen LogP contribution in [0, 0.1) is 5.82 Å². The van der Waals surface area contributed by atoms with Crippen LogP contribution >= 0.6 is 0 Å². The van der Waals surface area contributed by atoms with Crippen LogP contribution in [-0.4, -0.2) is 36.5 Å². The summed E-state index contributed by atoms with van der Waals surface area (Å²) in [7, 11) is 1.65. The van der Waals surface area contributed by atoms with E-state index < -0.39 is 12.1 Å². The minimum Gasteiger partial charge on any atom is -0.356 e. The van der Waals surface area contributed by atoms with Gasteiger partial charge in [-0.05, 0) is 11.6 Å². The van der Waals surface area contributed by atoms with Gasteiger partial charge in [0.25, 0.3) is 5.91 Å². The molecule has 25 heavy (non-hydrogen) atoms. The fraction of sp³-hybridized carbons (Fsp3) is 0.263. The summed E-state index contributed by atoms with van der Waals surface area (Å²) in [5, 5.41) is 2.70. The average molecular weight is 342 g/mol. The summed E-state index contributed by atoms with van der Waals surface area (Å²) in [6.45, 7) is -0.0951. The number of likely N-dealkylation sites (N-methyl/N-ethyl adjacent to an activating group) is 1. The first kappa shape index (κ1) is 17.1. The molecule has 2 aromatic rings. The molecule has 6 heteroatoms. The third-order valence-corrected chi connectivity index (χ3v) is 4.29. The summed E-state index contributed by atoms with van der Waals surface area (Å²) in [4.78, 5) is 26.1. The normalized spacial score (nSPS) is 20.4. The molecule has 1 N–H and O–H groups in total. The van der Waals surface area contributed by atoms with Gasteiger partial charge in [0, 0.05) is 19.2 Å². The van der Waals surface area contributed by atoms with Gasteiger partial charge in [-0.1, -0.05) is 48.5 Å². The lowest BCUT2D eigenvalue weighted by atomic mass is 9.97. The average Bonchev–Trinajstić information content (AvgIpc) is 2.63. The Morgan fingerprint density at radius 3 is 2.60 bits per heavy atom. The van der Waals surface area contributed by atoms with Crippen molar-refractivity contribution in [1.29, 1.82) is 0 Å². The van der Waals surface area contributed by atoms with Crippen LogP contribution in [0.5, 0.6) is 0 Å². The second kappa shape index (κ2) is 7.44. The van der Waals surface area contributed by atoms with Crippen molar-refractivity contribution in [2.24, 2.45) is 0 Å². The minimum absolute atomic E-state index is 0.0601. The topological polar surface area (TPSA) is 58.6 Å². The van der Waals surface area contributed by atoms with Crippen LogP contribution < -0.4 is 5.32 Å². The molecule has 2 aromatic carbocycles. The van der Waals surface area contributed by atoms with E-state index in [1.165, 1.54) is 11.0 Å². The Morgan fingerprint density at radius 1 is 1.20 bits per heavy atom. The summed E-state index contributed by atoms with van der Waals surface area (Å²) in [6, 6.07) is 15.0. The Kier molecular flexibility index (Phi) is 5.09. The van der Waals surface area contributed by atoms with Crippen molar-refractivity contribution in [1.82, 2.24) is 10.2 Å². The van der Waals surface area contributed by atoms with Gasteiger partial charge in [-0.15, -0.1) is 0 Å². The van der Waals surface area contributed by atoms with Gasteiger partial charge in [-0.2, -0.15) is 0 Å². The minimum atomic E-state index is -0.850. The highest BCUT2D eigenvalue weighted by molar-refractivity contribution is 5.86. The fourth-order valence-electron chi connectivity index (χ4n) is 2.90. The number of hydrogen-bond donors (Lipinski definition) is 1. The number of halogens is 1. The zero-order valence-corrected chi connectivity index (χ0v) is 13.8. The van der Waals surface area contributed by atoms with Gasteiger partial charge >= 0.3 is 0 Å². The summed E-state index contributed by atoms with van der Waals surface area (Å²) in [5.74, 6) is -0.942. The van der Waals surface area contributed by atoms with E-state index in [0.717, 1.165) is 5.56 Å². The highest BCUT2D eigenvalue weighted by Gasteiger charge is 2.39. The van der Waals surface area contributed by atoms with E-state index in [1.807, 2.05) is 30.3 Å². The summed E-state index contributed by atoms with van der Waals surface area (Å²) in [6.07, 6.45) is -0.850. The van der Waals surface area contributed by atoms with Crippen molar-refractivity contribution < 1.29 is 18.7 Å². The van der Waals surface area contributed by atoms with Crippen LogP contribution in [0.25, 0.3) is 0 Å². The number of carbonyl (C=O) groups excluding carboxylic acids is 2. The molecule has 0 spiro atoms. The predicted molar refractivity (Wildman–Crippen MR) is 89.9 cm³/mol. The summed E-state index contributed by atoms with van der Waals surface area (Å²) in [5.41, 5.74) is 1.21. The van der Waals surface area contributed by atoms with Crippen LogP contribution in [0.15, 0.2) is 54.6 Å². The second-order valence-corrected chi connectivity index (χ2v) is 5.90. The lowest BCUT2D eigenvalue weighted by Gasteiger charge is -2.38. The number of benzene rings is 2. The van der Waals surface area contributed by atoms with Crippen molar-refractivity contribution in [2.75, 3.05) is 13.7 Å². The van der Waals surface area contributed by atoms with Gasteiger partial charge in [0.2, 0.25) is 5.91 Å². The van der Waals surface area contributed by atoms with E-state index in [1.54, 1.807) is 25.2 Å². The molecule has 1 fully saturated rings. The Bertz CT molecular complexity index is 766. The Labute approximate surface area is 145 Å². The van der Waals surface area contributed by atoms with Crippen LogP contribution in [0.3, 0.4) is 0 Å². The molecule has 0 aliphatic carbocycles. The highest BCUT2D eigenvalue weighted by Crippen LogP contribution is 2.29. The quantitative estimate of drug-likeness (QED) is 0.925. The highest BCUT2D eigenvalue weighted by atomic mass is 19.1. The number of rotatable bonds is 4. The lowest BCUT2D eigenvalue weighted by molar-refractivity contribution is -0.162. The monoisotopic (exact) mass is 342 g/mol. The standard InChI is InChI=1S/C19H19FN2O3/c1-22-16(23)12-25-18(17(22)13-7-3-2-4-8-13)19(24)21-11-14-9-5-6-10-15(14)20/h2-10,17-18H,11-12H2,1H3,(H,21,24)/t17-,18+/m1/s1. The Hall–Kier alpha value is -2.73. The molecule has 1 saturated heterocycles. The molecule has 0 bridgehead atoms. The maximum absolute atomic E-state index is 13.7. The molecular formula is C19H19FN2O3. The smallest absolute Gasteiger partial charge is 0.251 e. The third-order valence-electron chi connectivity index (χ3n) is 4.29. The van der Waals surface area contributed by atoms with Gasteiger partial charge in [0.15, 0.2) is 6.10 Å². The Morgan fingerprint density at radius 2 is 1.88 bits per heavy atom. The van der Waals surface area contributed by atoms with Crippen molar-refractivity contribution in [3.05, 3.63) is 71.5 Å². The molecule has 130 valence electrons. The molecule has 1 heterocycles. The summed E-state index contributed by atoms with van der Waals surface area (Å²) < 4.78 is 19.2. The first-order valence-corrected chi connectivity index (χ1v) is 8.01. The first-order valence-electron chi connectivity index (χ1n) is 8.01. The van der Waals surface area contributed by atoms with Crippen LogP contribution in [0.2, 0.25) is 0 Å². The fourth-order valence-corrected chi connectivity index (χ4v) is 2.90. The van der Waals surface area contributed by atoms with E-state index >= 15 is 0 Å². The predicted octanol–water partition coefficient (Wildman–Crippen LogP) is 2.04. The number of nitrogens with one attached hydrogen (secondary N) is 1. The van der Waals surface area contributed by atoms with Gasteiger partial charge in [-0.3, -0.25) is 9.59 Å². The zero-order valence-electron chi connectivity index (χ0n) is 13.8. The largest absolute Gasteiger partial charge is 0.356 e. The van der Waals surface area contributed by atoms with Crippen LogP contribution in [0.1, 0.15) is 17.2 Å². The molecule has 5 nitrogen and oxygen atoms in total. The van der Waals surface area contributed by atoms with Crippen molar-refractivity contribution in [3.8, 4) is 0 Å². The molecule has 2 atom stereocenters. The number of amides is 2. The van der Waals surface area contributed by atoms with E-state index in [2.05, 4.69) is 5.32 Å². The molecule has 3 rings (SSSR count). The van der Waals surface area contributed by atoms with Crippen molar-refractivity contribution >= 4 is 11.8 Å². The van der Waals surface area contributed by atoms with Gasteiger partial charge < -0.3 is 15.0 Å². The molecule has 0 radical (unpaired) electrons. The number of hydrogen-bond acceptors (Lipinski definition) is 3. The molecule has 2 amide bonds.